The monoisotopic (exact) mass is 369 g/mol. The van der Waals surface area contributed by atoms with Crippen molar-refractivity contribution in [3.05, 3.63) is 41.8 Å². The molecular formula is C21H27N3O3. The zero-order valence-corrected chi connectivity index (χ0v) is 16.2. The Morgan fingerprint density at radius 3 is 2.52 bits per heavy atom. The van der Waals surface area contributed by atoms with E-state index in [9.17, 15) is 9.59 Å². The highest BCUT2D eigenvalue weighted by Gasteiger charge is 2.28. The molecule has 3 rings (SSSR count). The van der Waals surface area contributed by atoms with Crippen LogP contribution in [0.25, 0.3) is 11.5 Å². The minimum atomic E-state index is -0.00470. The molecule has 0 saturated carbocycles. The first-order valence-corrected chi connectivity index (χ1v) is 9.54. The molecule has 1 aliphatic heterocycles. The van der Waals surface area contributed by atoms with E-state index in [1.807, 2.05) is 56.0 Å². The fourth-order valence-electron chi connectivity index (χ4n) is 3.34. The van der Waals surface area contributed by atoms with Crippen LogP contribution in [-0.2, 0) is 16.0 Å². The molecule has 6 heteroatoms. The van der Waals surface area contributed by atoms with Gasteiger partial charge in [0, 0.05) is 30.6 Å². The van der Waals surface area contributed by atoms with Crippen LogP contribution in [0.3, 0.4) is 0 Å². The van der Waals surface area contributed by atoms with Gasteiger partial charge in [0.2, 0.25) is 17.7 Å². The fourth-order valence-corrected chi connectivity index (χ4v) is 3.34. The summed E-state index contributed by atoms with van der Waals surface area (Å²) < 4.78 is 5.74. The molecule has 144 valence electrons. The summed E-state index contributed by atoms with van der Waals surface area (Å²) in [6, 6.07) is 9.81. The van der Waals surface area contributed by atoms with Crippen LogP contribution in [0.5, 0.6) is 0 Å². The van der Waals surface area contributed by atoms with E-state index in [1.54, 1.807) is 0 Å². The number of likely N-dealkylation sites (tertiary alicyclic amines) is 1. The number of hydrogen-bond donors (Lipinski definition) is 1. The maximum atomic E-state index is 12.7. The Morgan fingerprint density at radius 1 is 1.22 bits per heavy atom. The molecule has 2 aromatic rings. The molecule has 1 fully saturated rings. The third-order valence-corrected chi connectivity index (χ3v) is 4.88. The average molecular weight is 369 g/mol. The molecule has 1 aromatic carbocycles. The van der Waals surface area contributed by atoms with Gasteiger partial charge in [0.25, 0.3) is 0 Å². The second-order valence-corrected chi connectivity index (χ2v) is 7.38. The van der Waals surface area contributed by atoms with Gasteiger partial charge in [-0.3, -0.25) is 9.59 Å². The summed E-state index contributed by atoms with van der Waals surface area (Å²) >= 11 is 0. The van der Waals surface area contributed by atoms with E-state index in [4.69, 9.17) is 4.42 Å². The molecule has 0 unspecified atom stereocenters. The molecule has 0 spiro atoms. The quantitative estimate of drug-likeness (QED) is 0.879. The van der Waals surface area contributed by atoms with Gasteiger partial charge in [-0.05, 0) is 45.7 Å². The van der Waals surface area contributed by atoms with E-state index >= 15 is 0 Å². The summed E-state index contributed by atoms with van der Waals surface area (Å²) in [6.45, 7) is 6.97. The van der Waals surface area contributed by atoms with Crippen LogP contribution in [-0.4, -0.2) is 40.8 Å². The molecule has 27 heavy (non-hydrogen) atoms. The van der Waals surface area contributed by atoms with Crippen molar-refractivity contribution >= 4 is 11.8 Å². The number of benzene rings is 1. The van der Waals surface area contributed by atoms with Crippen molar-refractivity contribution in [1.82, 2.24) is 15.2 Å². The summed E-state index contributed by atoms with van der Waals surface area (Å²) in [7, 11) is 0. The Labute approximate surface area is 160 Å². The predicted molar refractivity (Wildman–Crippen MR) is 103 cm³/mol. The Balaban J connectivity index is 1.57. The van der Waals surface area contributed by atoms with Crippen LogP contribution in [0.15, 0.2) is 34.7 Å². The van der Waals surface area contributed by atoms with Crippen molar-refractivity contribution in [1.29, 1.82) is 0 Å². The van der Waals surface area contributed by atoms with Gasteiger partial charge in [0.05, 0.1) is 12.1 Å². The van der Waals surface area contributed by atoms with Gasteiger partial charge in [-0.1, -0.05) is 18.2 Å². The number of nitrogens with one attached hydrogen (secondary N) is 1. The maximum absolute atomic E-state index is 12.7. The Kier molecular flexibility index (Phi) is 5.94. The molecule has 0 aliphatic carbocycles. The lowest BCUT2D eigenvalue weighted by atomic mass is 9.95. The summed E-state index contributed by atoms with van der Waals surface area (Å²) in [5.74, 6) is 1.34. The molecule has 6 nitrogen and oxygen atoms in total. The van der Waals surface area contributed by atoms with Gasteiger partial charge in [-0.25, -0.2) is 4.98 Å². The van der Waals surface area contributed by atoms with Crippen molar-refractivity contribution in [2.75, 3.05) is 13.1 Å². The lowest BCUT2D eigenvalue weighted by Gasteiger charge is -2.31. The normalized spacial score (nSPS) is 15.2. The van der Waals surface area contributed by atoms with Crippen LogP contribution in [0.1, 0.15) is 38.1 Å². The van der Waals surface area contributed by atoms with Gasteiger partial charge in [0.1, 0.15) is 5.76 Å². The molecule has 0 atom stereocenters. The van der Waals surface area contributed by atoms with Crippen molar-refractivity contribution in [2.24, 2.45) is 5.92 Å². The van der Waals surface area contributed by atoms with Gasteiger partial charge in [-0.15, -0.1) is 0 Å². The molecule has 2 amide bonds. The van der Waals surface area contributed by atoms with E-state index in [1.165, 1.54) is 0 Å². The van der Waals surface area contributed by atoms with Crippen LogP contribution < -0.4 is 5.32 Å². The van der Waals surface area contributed by atoms with E-state index in [-0.39, 0.29) is 30.2 Å². The van der Waals surface area contributed by atoms with Gasteiger partial charge >= 0.3 is 0 Å². The Bertz CT molecular complexity index is 790. The fraction of sp³-hybridized carbons (Fsp3) is 0.476. The number of amides is 2. The SMILES string of the molecule is Cc1oc(-c2ccccc2)nc1CC(=O)N1CCC(C(=O)NC(C)C)CC1. The highest BCUT2D eigenvalue weighted by atomic mass is 16.4. The first-order chi connectivity index (χ1) is 12.9. The molecule has 1 aliphatic rings. The number of hydrogen-bond acceptors (Lipinski definition) is 4. The van der Waals surface area contributed by atoms with E-state index < -0.39 is 0 Å². The van der Waals surface area contributed by atoms with Crippen molar-refractivity contribution < 1.29 is 14.0 Å². The first kappa shape index (κ1) is 19.1. The molecule has 0 radical (unpaired) electrons. The lowest BCUT2D eigenvalue weighted by Crippen LogP contribution is -2.44. The highest BCUT2D eigenvalue weighted by Crippen LogP contribution is 2.23. The number of aromatic nitrogens is 1. The summed E-state index contributed by atoms with van der Waals surface area (Å²) in [5.41, 5.74) is 1.58. The minimum absolute atomic E-state index is 0.00470. The molecular weight excluding hydrogens is 342 g/mol. The van der Waals surface area contributed by atoms with Crippen LogP contribution >= 0.6 is 0 Å². The smallest absolute Gasteiger partial charge is 0.228 e. The summed E-state index contributed by atoms with van der Waals surface area (Å²) in [5, 5.41) is 2.96. The molecule has 1 N–H and O–H groups in total. The number of piperidine rings is 1. The van der Waals surface area contributed by atoms with Gasteiger partial charge < -0.3 is 14.6 Å². The number of oxazole rings is 1. The Morgan fingerprint density at radius 2 is 1.89 bits per heavy atom. The standard InChI is InChI=1S/C21H27N3O3/c1-14(2)22-20(26)16-9-11-24(12-10-16)19(25)13-18-15(3)27-21(23-18)17-7-5-4-6-8-17/h4-8,14,16H,9-13H2,1-3H3,(H,22,26). The maximum Gasteiger partial charge on any atom is 0.228 e. The van der Waals surface area contributed by atoms with Gasteiger partial charge in [-0.2, -0.15) is 0 Å². The molecule has 1 aromatic heterocycles. The lowest BCUT2D eigenvalue weighted by molar-refractivity contribution is -0.135. The van der Waals surface area contributed by atoms with E-state index in [0.717, 1.165) is 5.56 Å². The number of aryl methyl sites for hydroxylation is 1. The third-order valence-electron chi connectivity index (χ3n) is 4.88. The molecule has 2 heterocycles. The third kappa shape index (κ3) is 4.76. The van der Waals surface area contributed by atoms with Crippen molar-refractivity contribution in [2.45, 2.75) is 46.1 Å². The van der Waals surface area contributed by atoms with Crippen molar-refractivity contribution in [3.8, 4) is 11.5 Å². The van der Waals surface area contributed by atoms with E-state index in [2.05, 4.69) is 10.3 Å². The number of rotatable bonds is 5. The predicted octanol–water partition coefficient (Wildman–Crippen LogP) is 2.96. The molecule has 0 bridgehead atoms. The summed E-state index contributed by atoms with van der Waals surface area (Å²) in [4.78, 5) is 31.1. The van der Waals surface area contributed by atoms with Crippen molar-refractivity contribution in [3.63, 3.8) is 0 Å². The zero-order valence-electron chi connectivity index (χ0n) is 16.2. The van der Waals surface area contributed by atoms with Crippen LogP contribution in [0, 0.1) is 12.8 Å². The first-order valence-electron chi connectivity index (χ1n) is 9.54. The second-order valence-electron chi connectivity index (χ2n) is 7.38. The number of carbonyl (C=O) groups is 2. The van der Waals surface area contributed by atoms with Gasteiger partial charge in [0.15, 0.2) is 0 Å². The highest BCUT2D eigenvalue weighted by molar-refractivity contribution is 5.81. The Hall–Kier alpha value is -2.63. The number of nitrogens with zero attached hydrogens (tertiary/aromatic N) is 2. The second kappa shape index (κ2) is 8.37. The topological polar surface area (TPSA) is 75.4 Å². The van der Waals surface area contributed by atoms with Crippen LogP contribution in [0.4, 0.5) is 0 Å². The zero-order chi connectivity index (χ0) is 19.4. The summed E-state index contributed by atoms with van der Waals surface area (Å²) in [6.07, 6.45) is 1.64. The average Bonchev–Trinajstić information content (AvgIpc) is 3.02. The minimum Gasteiger partial charge on any atom is -0.441 e. The largest absolute Gasteiger partial charge is 0.441 e. The number of carbonyl (C=O) groups excluding carboxylic acids is 2. The van der Waals surface area contributed by atoms with Crippen LogP contribution in [0.2, 0.25) is 0 Å². The van der Waals surface area contributed by atoms with E-state index in [0.29, 0.717) is 43.3 Å². The molecule has 1 saturated heterocycles.